The highest BCUT2D eigenvalue weighted by atomic mass is 33.2. The van der Waals surface area contributed by atoms with Gasteiger partial charge < -0.3 is 9.84 Å². The zero-order valence-corrected chi connectivity index (χ0v) is 27.0. The van der Waals surface area contributed by atoms with Gasteiger partial charge in [0.2, 0.25) is 0 Å². The molecule has 1 saturated heterocycles. The van der Waals surface area contributed by atoms with Gasteiger partial charge in [-0.25, -0.2) is 4.79 Å². The zero-order valence-electron chi connectivity index (χ0n) is 13.5. The van der Waals surface area contributed by atoms with Gasteiger partial charge in [0.1, 0.15) is 6.04 Å². The molecule has 0 aliphatic carbocycles. The van der Waals surface area contributed by atoms with E-state index < -0.39 is 14.5 Å². The summed E-state index contributed by atoms with van der Waals surface area (Å²) in [6.45, 7) is -0.224. The van der Waals surface area contributed by atoms with Crippen molar-refractivity contribution in [2.75, 3.05) is 0 Å². The van der Waals surface area contributed by atoms with E-state index >= 15 is 0 Å². The Balaban J connectivity index is 2.91. The molecule has 0 spiro atoms. The first-order chi connectivity index (χ1) is 11.5. The van der Waals surface area contributed by atoms with Crippen LogP contribution in [0, 0.1) is 0 Å². The van der Waals surface area contributed by atoms with E-state index in [0.29, 0.717) is 6.42 Å². The Morgan fingerprint density at radius 1 is 1.08 bits per heavy atom. The van der Waals surface area contributed by atoms with Gasteiger partial charge >= 0.3 is 5.97 Å². The number of nitrogens with one attached hydrogen (secondary N) is 1. The van der Waals surface area contributed by atoms with Crippen molar-refractivity contribution in [1.29, 1.82) is 0 Å². The zero-order chi connectivity index (χ0) is 19.3. The second kappa shape index (κ2) is 13.6. The number of allylic oxidation sites excluding steroid dienone is 2. The summed E-state index contributed by atoms with van der Waals surface area (Å²) in [6.07, 6.45) is 2.99. The molecule has 1 rings (SSSR count). The molecule has 0 saturated carbocycles. The minimum Gasteiger partial charge on any atom is -0.433 e. The Labute approximate surface area is 173 Å². The first-order valence-corrected chi connectivity index (χ1v) is 29.6. The average Bonchev–Trinajstić information content (AvgIpc) is 2.92. The molecule has 1 heterocycles. The second-order valence-electron chi connectivity index (χ2n) is 4.91. The van der Waals surface area contributed by atoms with Crippen LogP contribution in [0.3, 0.4) is 0 Å². The topological polar surface area (TPSA) is 55.4 Å². The quantitative estimate of drug-likeness (QED) is 0.235. The smallest absolute Gasteiger partial charge is 0.331 e. The normalized spacial score (nSPS) is 21.9. The van der Waals surface area contributed by atoms with Crippen molar-refractivity contribution in [3.63, 3.8) is 0 Å². The fraction of sp³-hybridized carbons (Fsp3) is 0.500. The van der Waals surface area contributed by atoms with Gasteiger partial charge in [0.05, 0.1) is 0 Å². The van der Waals surface area contributed by atoms with Gasteiger partial charge in [-0.05, 0) is 46.8 Å². The fourth-order valence-corrected chi connectivity index (χ4v) is 97.0. The highest BCUT2D eigenvalue weighted by Gasteiger charge is 2.39. The standard InChI is InChI=1S/C8H24NO3P13/c1-5(10)4-6-2-3-7(9-6)8(11)12-20(24(19)21(13)14)25(22(15)16)23(17)18/h4,7,9H,2-3,13-19H2,1H3/b6-4+. The molecule has 1 aliphatic rings. The van der Waals surface area contributed by atoms with Crippen molar-refractivity contribution in [3.8, 4) is 0 Å². The Hall–Kier alpha value is 4.27. The van der Waals surface area contributed by atoms with Crippen LogP contribution in [0.5, 0.6) is 0 Å². The summed E-state index contributed by atoms with van der Waals surface area (Å²) < 4.78 is 6.15. The van der Waals surface area contributed by atoms with Crippen molar-refractivity contribution >= 4 is 117 Å². The van der Waals surface area contributed by atoms with Crippen LogP contribution in [0.1, 0.15) is 19.8 Å². The minimum atomic E-state index is -0.812. The van der Waals surface area contributed by atoms with E-state index in [1.807, 2.05) is 0 Å². The van der Waals surface area contributed by atoms with E-state index in [1.165, 1.54) is 6.92 Å². The molecule has 1 fully saturated rings. The van der Waals surface area contributed by atoms with E-state index in [1.54, 1.807) is 6.08 Å². The number of hydrogen-bond donors (Lipinski definition) is 1. The molecule has 0 bridgehead atoms. The molecule has 0 aromatic rings. The predicted octanol–water partition coefficient (Wildman–Crippen LogP) is 7.67. The Kier molecular flexibility index (Phi) is 14.9. The number of ketones is 1. The van der Waals surface area contributed by atoms with Crippen LogP contribution in [-0.4, -0.2) is 17.8 Å². The molecule has 1 aliphatic heterocycles. The van der Waals surface area contributed by atoms with Gasteiger partial charge in [0, 0.05) is 19.7 Å². The van der Waals surface area contributed by atoms with Gasteiger partial charge in [-0.15, -0.1) is 53.6 Å². The van der Waals surface area contributed by atoms with E-state index in [4.69, 9.17) is 4.52 Å². The van der Waals surface area contributed by atoms with Crippen molar-refractivity contribution in [1.82, 2.24) is 5.32 Å². The van der Waals surface area contributed by atoms with Gasteiger partial charge in [0.25, 0.3) is 0 Å². The molecule has 4 nitrogen and oxygen atoms in total. The molecule has 10 atom stereocenters. The first kappa shape index (κ1) is 27.3. The van der Waals surface area contributed by atoms with Crippen LogP contribution in [0.25, 0.3) is 0 Å². The molecule has 0 aromatic carbocycles. The molecule has 0 radical (unpaired) electrons. The lowest BCUT2D eigenvalue weighted by molar-refractivity contribution is -0.135. The van der Waals surface area contributed by atoms with Crippen LogP contribution < -0.4 is 5.32 Å². The maximum Gasteiger partial charge on any atom is 0.331 e. The third kappa shape index (κ3) is 9.52. The maximum absolute atomic E-state index is 12.8. The van der Waals surface area contributed by atoms with Crippen LogP contribution in [0.2, 0.25) is 0 Å². The first-order valence-electron chi connectivity index (χ1n) is 6.77. The molecule has 1 N–H and O–H groups in total. The van der Waals surface area contributed by atoms with Gasteiger partial charge in [-0.1, -0.05) is 8.93 Å². The lowest BCUT2D eigenvalue weighted by atomic mass is 10.2. The average molecular weight is 585 g/mol. The summed E-state index contributed by atoms with van der Waals surface area (Å²) in [5, 5.41) is 3.16. The maximum atomic E-state index is 12.8. The van der Waals surface area contributed by atoms with Crippen LogP contribution in [0.15, 0.2) is 11.8 Å². The fourth-order valence-electron chi connectivity index (χ4n) is 1.89. The summed E-state index contributed by atoms with van der Waals surface area (Å²) in [7, 11) is 19.7. The Bertz CT molecular complexity index is 506. The molecule has 144 valence electrons. The number of hydrogen-bond acceptors (Lipinski definition) is 4. The SMILES string of the molecule is CC(=O)/C=C1\CCC(C(=O)OP(P(P)P(P)P)P(P(P)P)P(P)P)N1. The molecule has 0 aromatic heterocycles. The van der Waals surface area contributed by atoms with Crippen molar-refractivity contribution in [3.05, 3.63) is 11.8 Å². The summed E-state index contributed by atoms with van der Waals surface area (Å²) >= 11 is 0. The lowest BCUT2D eigenvalue weighted by Crippen LogP contribution is -2.30. The van der Waals surface area contributed by atoms with Crippen LogP contribution in [-0.2, 0) is 14.1 Å². The molecule has 10 unspecified atom stereocenters. The number of rotatable bonds is 8. The molecule has 25 heavy (non-hydrogen) atoms. The number of carbonyl (C=O) groups is 2. The van der Waals surface area contributed by atoms with Crippen LogP contribution >= 0.6 is 105 Å². The molecular formula is C8H24NO3P13. The molecule has 0 amide bonds. The van der Waals surface area contributed by atoms with Crippen molar-refractivity contribution < 1.29 is 14.1 Å². The second-order valence-corrected chi connectivity index (χ2v) is 53.7. The third-order valence-electron chi connectivity index (χ3n) is 2.87. The van der Waals surface area contributed by atoms with E-state index in [9.17, 15) is 9.59 Å². The molecule has 17 heteroatoms. The van der Waals surface area contributed by atoms with E-state index in [0.717, 1.165) is 12.1 Å². The monoisotopic (exact) mass is 585 g/mol. The molecular weight excluding hydrogens is 561 g/mol. The van der Waals surface area contributed by atoms with E-state index in [-0.39, 0.29) is 45.7 Å². The third-order valence-corrected chi connectivity index (χ3v) is 73.5. The number of carbonyl (C=O) groups excluding carboxylic acids is 2. The largest absolute Gasteiger partial charge is 0.433 e. The summed E-state index contributed by atoms with van der Waals surface area (Å²) in [6, 6.07) is -0.332. The van der Waals surface area contributed by atoms with Gasteiger partial charge in [0.15, 0.2) is 13.3 Å². The van der Waals surface area contributed by atoms with Crippen molar-refractivity contribution in [2.24, 2.45) is 0 Å². The van der Waals surface area contributed by atoms with Crippen molar-refractivity contribution in [2.45, 2.75) is 25.8 Å². The predicted molar refractivity (Wildman–Crippen MR) is 151 cm³/mol. The highest BCUT2D eigenvalue weighted by molar-refractivity contribution is 9.19. The Morgan fingerprint density at radius 3 is 2.08 bits per heavy atom. The lowest BCUT2D eigenvalue weighted by Gasteiger charge is -2.36. The van der Waals surface area contributed by atoms with Gasteiger partial charge in [-0.3, -0.25) is 4.79 Å². The Morgan fingerprint density at radius 2 is 1.64 bits per heavy atom. The summed E-state index contributed by atoms with van der Waals surface area (Å²) in [4.78, 5) is 24.0. The van der Waals surface area contributed by atoms with E-state index in [2.05, 4.69) is 67.8 Å². The summed E-state index contributed by atoms with van der Waals surface area (Å²) in [5.74, 6) is -0.160. The van der Waals surface area contributed by atoms with Crippen LogP contribution in [0.4, 0.5) is 0 Å². The highest BCUT2D eigenvalue weighted by Crippen LogP contribution is 3.17. The van der Waals surface area contributed by atoms with Gasteiger partial charge in [-0.2, -0.15) is 0 Å². The minimum absolute atomic E-state index is 0.000686. The summed E-state index contributed by atoms with van der Waals surface area (Å²) in [5.41, 5.74) is 0.840.